The summed E-state index contributed by atoms with van der Waals surface area (Å²) in [5.74, 6) is -0.347. The number of aromatic nitrogens is 2. The number of amides is 2. The molecule has 0 saturated heterocycles. The summed E-state index contributed by atoms with van der Waals surface area (Å²) < 4.78 is 12.5. The highest BCUT2D eigenvalue weighted by Gasteiger charge is 2.25. The molecule has 0 spiro atoms. The summed E-state index contributed by atoms with van der Waals surface area (Å²) in [4.78, 5) is 38.1. The minimum absolute atomic E-state index is 0.144. The maximum atomic E-state index is 13.4. The fraction of sp³-hybridized carbons (Fsp3) is 0.212. The Morgan fingerprint density at radius 3 is 2.64 bits per heavy atom. The monoisotopic (exact) mass is 609 g/mol. The van der Waals surface area contributed by atoms with Crippen LogP contribution in [-0.4, -0.2) is 60.9 Å². The number of ether oxygens (including phenoxy) is 2. The van der Waals surface area contributed by atoms with Crippen LogP contribution < -0.4 is 24.6 Å². The van der Waals surface area contributed by atoms with Gasteiger partial charge in [-0.05, 0) is 60.9 Å². The molecule has 3 heterocycles. The topological polar surface area (TPSA) is 117 Å². The summed E-state index contributed by atoms with van der Waals surface area (Å²) in [5.41, 5.74) is 4.61. The minimum atomic E-state index is -1.20. The summed E-state index contributed by atoms with van der Waals surface area (Å²) in [6.45, 7) is 0.928. The van der Waals surface area contributed by atoms with Crippen LogP contribution in [0.2, 0.25) is 0 Å². The van der Waals surface area contributed by atoms with Gasteiger partial charge in [0.25, 0.3) is 0 Å². The van der Waals surface area contributed by atoms with E-state index < -0.39 is 5.97 Å². The Kier molecular flexibility index (Phi) is 8.29. The van der Waals surface area contributed by atoms with E-state index in [1.165, 1.54) is 11.3 Å². The van der Waals surface area contributed by atoms with Gasteiger partial charge in [0.1, 0.15) is 19.0 Å². The molecular weight excluding hydrogens is 578 g/mol. The number of carboxylic acid groups (broad SMARTS) is 1. The van der Waals surface area contributed by atoms with Crippen molar-refractivity contribution in [3.05, 3.63) is 90.1 Å². The number of benzene rings is 3. The van der Waals surface area contributed by atoms with E-state index in [1.807, 2.05) is 85.7 Å². The molecule has 1 aliphatic rings. The highest BCUT2D eigenvalue weighted by atomic mass is 32.1. The number of nitrogens with zero attached hydrogens (tertiary/aromatic N) is 4. The van der Waals surface area contributed by atoms with Crippen LogP contribution in [0.3, 0.4) is 0 Å². The first-order valence-corrected chi connectivity index (χ1v) is 15.0. The van der Waals surface area contributed by atoms with Gasteiger partial charge in [-0.2, -0.15) is 0 Å². The fourth-order valence-corrected chi connectivity index (χ4v) is 5.92. The van der Waals surface area contributed by atoms with Gasteiger partial charge < -0.3 is 19.5 Å². The minimum Gasteiger partial charge on any atom is -0.490 e. The molecule has 0 radical (unpaired) electrons. The van der Waals surface area contributed by atoms with Gasteiger partial charge in [-0.25, -0.2) is 19.6 Å². The van der Waals surface area contributed by atoms with Gasteiger partial charge >= 0.3 is 12.0 Å². The normalized spacial score (nSPS) is 12.5. The zero-order chi connectivity index (χ0) is 30.6. The van der Waals surface area contributed by atoms with Crippen molar-refractivity contribution in [3.8, 4) is 22.8 Å². The molecule has 3 aromatic carbocycles. The number of nitrogens with one attached hydrogen (secondary N) is 1. The number of hydrogen-bond acceptors (Lipinski definition) is 8. The van der Waals surface area contributed by atoms with Crippen molar-refractivity contribution in [2.45, 2.75) is 12.8 Å². The average molecular weight is 610 g/mol. The van der Waals surface area contributed by atoms with Crippen LogP contribution in [0.1, 0.15) is 22.5 Å². The van der Waals surface area contributed by atoms with Crippen molar-refractivity contribution in [1.29, 1.82) is 0 Å². The third-order valence-corrected chi connectivity index (χ3v) is 8.21. The van der Waals surface area contributed by atoms with Crippen LogP contribution >= 0.6 is 11.3 Å². The number of carbonyl (C=O) groups is 2. The average Bonchev–Trinajstić information content (AvgIpc) is 3.45. The van der Waals surface area contributed by atoms with E-state index in [4.69, 9.17) is 9.47 Å². The summed E-state index contributed by atoms with van der Waals surface area (Å²) in [6, 6.07) is 24.2. The molecule has 5 aromatic rings. The maximum absolute atomic E-state index is 13.4. The standard InChI is InChI=1S/C33H31N5O5S/c1-37(2)23-8-5-9-24(20-23)42-17-18-43-28-15-14-25(34-30(28)31(39)40)22-13-12-21-7-6-16-38(27(21)19-22)33(41)36-32-35-26-10-3-4-11-29(26)44-32/h3-5,8-15,19-20H,6-7,16-18H2,1-2H3,(H,39,40)(H,35,36,41). The van der Waals surface area contributed by atoms with Crippen molar-refractivity contribution in [2.24, 2.45) is 0 Å². The lowest BCUT2D eigenvalue weighted by atomic mass is 9.98. The number of thiazole rings is 1. The van der Waals surface area contributed by atoms with Crippen molar-refractivity contribution in [2.75, 3.05) is 49.0 Å². The molecule has 2 aromatic heterocycles. The van der Waals surface area contributed by atoms with Gasteiger partial charge in [0.15, 0.2) is 16.6 Å². The highest BCUT2D eigenvalue weighted by Crippen LogP contribution is 2.34. The lowest BCUT2D eigenvalue weighted by Gasteiger charge is -2.29. The zero-order valence-electron chi connectivity index (χ0n) is 24.3. The molecule has 44 heavy (non-hydrogen) atoms. The van der Waals surface area contributed by atoms with Crippen LogP contribution in [0, 0.1) is 0 Å². The number of rotatable bonds is 9. The Morgan fingerprint density at radius 1 is 0.977 bits per heavy atom. The van der Waals surface area contributed by atoms with Gasteiger partial charge in [0.05, 0.1) is 15.9 Å². The number of aromatic carboxylic acids is 1. The summed E-state index contributed by atoms with van der Waals surface area (Å²) in [7, 11) is 3.91. The number of carboxylic acids is 1. The van der Waals surface area contributed by atoms with Gasteiger partial charge in [-0.1, -0.05) is 41.7 Å². The van der Waals surface area contributed by atoms with E-state index in [0.717, 1.165) is 40.0 Å². The van der Waals surface area contributed by atoms with Crippen molar-refractivity contribution in [1.82, 2.24) is 9.97 Å². The second-order valence-corrected chi connectivity index (χ2v) is 11.5. The lowest BCUT2D eigenvalue weighted by molar-refractivity contribution is 0.0684. The zero-order valence-corrected chi connectivity index (χ0v) is 25.1. The summed E-state index contributed by atoms with van der Waals surface area (Å²) in [5, 5.41) is 13.4. The molecule has 6 rings (SSSR count). The largest absolute Gasteiger partial charge is 0.490 e. The third kappa shape index (κ3) is 6.28. The molecule has 0 saturated carbocycles. The summed E-state index contributed by atoms with van der Waals surface area (Å²) >= 11 is 1.43. The second kappa shape index (κ2) is 12.6. The maximum Gasteiger partial charge on any atom is 0.358 e. The Hall–Kier alpha value is -5.16. The molecule has 10 nitrogen and oxygen atoms in total. The van der Waals surface area contributed by atoms with E-state index in [0.29, 0.717) is 28.7 Å². The number of carbonyl (C=O) groups excluding carboxylic acids is 1. The number of anilines is 3. The van der Waals surface area contributed by atoms with E-state index >= 15 is 0 Å². The molecule has 0 fully saturated rings. The predicted molar refractivity (Wildman–Crippen MR) is 173 cm³/mol. The Labute approximate surface area is 258 Å². The number of fused-ring (bicyclic) bond motifs is 2. The van der Waals surface area contributed by atoms with Crippen LogP contribution in [0.4, 0.5) is 21.3 Å². The summed E-state index contributed by atoms with van der Waals surface area (Å²) in [6.07, 6.45) is 1.67. The number of pyridine rings is 1. The molecule has 2 N–H and O–H groups in total. The molecule has 0 unspecified atom stereocenters. The van der Waals surface area contributed by atoms with Crippen LogP contribution in [-0.2, 0) is 6.42 Å². The number of urea groups is 1. The van der Waals surface area contributed by atoms with E-state index in [9.17, 15) is 14.7 Å². The van der Waals surface area contributed by atoms with Gasteiger partial charge in [-0.3, -0.25) is 10.2 Å². The molecule has 0 bridgehead atoms. The van der Waals surface area contributed by atoms with Gasteiger partial charge in [-0.15, -0.1) is 0 Å². The first kappa shape index (κ1) is 28.9. The Bertz CT molecular complexity index is 1810. The molecule has 224 valence electrons. The lowest BCUT2D eigenvalue weighted by Crippen LogP contribution is -2.38. The van der Waals surface area contributed by atoms with Crippen LogP contribution in [0.5, 0.6) is 11.5 Å². The van der Waals surface area contributed by atoms with Crippen LogP contribution in [0.25, 0.3) is 21.5 Å². The second-order valence-electron chi connectivity index (χ2n) is 10.5. The predicted octanol–water partition coefficient (Wildman–Crippen LogP) is 6.57. The first-order valence-electron chi connectivity index (χ1n) is 14.2. The Balaban J connectivity index is 1.17. The number of para-hydroxylation sites is 1. The molecule has 0 aliphatic carbocycles. The third-order valence-electron chi connectivity index (χ3n) is 7.26. The molecule has 0 atom stereocenters. The van der Waals surface area contributed by atoms with E-state index in [2.05, 4.69) is 15.3 Å². The molecule has 2 amide bonds. The van der Waals surface area contributed by atoms with Crippen LogP contribution in [0.15, 0.2) is 78.9 Å². The van der Waals surface area contributed by atoms with Gasteiger partial charge in [0.2, 0.25) is 0 Å². The first-order chi connectivity index (χ1) is 21.4. The van der Waals surface area contributed by atoms with Crippen molar-refractivity contribution >= 4 is 50.1 Å². The Morgan fingerprint density at radius 2 is 1.82 bits per heavy atom. The van der Waals surface area contributed by atoms with Crippen molar-refractivity contribution < 1.29 is 24.2 Å². The SMILES string of the molecule is CN(C)c1cccc(OCCOc2ccc(-c3ccc4c(c3)N(C(=O)Nc3nc5ccccc5s3)CCC4)nc2C(=O)O)c1. The quantitative estimate of drug-likeness (QED) is 0.180. The van der Waals surface area contributed by atoms with Gasteiger partial charge in [0, 0.05) is 43.6 Å². The molecule has 11 heteroatoms. The fourth-order valence-electron chi connectivity index (χ4n) is 5.07. The number of aryl methyl sites for hydroxylation is 1. The molecular formula is C33H31N5O5S. The molecule has 1 aliphatic heterocycles. The highest BCUT2D eigenvalue weighted by molar-refractivity contribution is 7.22. The van der Waals surface area contributed by atoms with Crippen molar-refractivity contribution in [3.63, 3.8) is 0 Å². The van der Waals surface area contributed by atoms with E-state index in [1.54, 1.807) is 17.0 Å². The number of hydrogen-bond donors (Lipinski definition) is 2. The van der Waals surface area contributed by atoms with E-state index in [-0.39, 0.29) is 30.7 Å². The smallest absolute Gasteiger partial charge is 0.358 e.